The van der Waals surface area contributed by atoms with Crippen LogP contribution in [0.1, 0.15) is 17.7 Å². The Hall–Kier alpha value is -1.68. The second-order valence-electron chi connectivity index (χ2n) is 4.95. The van der Waals surface area contributed by atoms with E-state index in [2.05, 4.69) is 9.55 Å². The number of aryl methyl sites for hydroxylation is 2. The van der Waals surface area contributed by atoms with E-state index in [0.717, 1.165) is 30.6 Å². The molecule has 1 aromatic heterocycles. The quantitative estimate of drug-likeness (QED) is 0.837. The van der Waals surface area contributed by atoms with E-state index in [1.807, 2.05) is 12.4 Å². The molecule has 4 heteroatoms. The largest absolute Gasteiger partial charge is 0.334 e. The molecule has 0 aliphatic carbocycles. The van der Waals surface area contributed by atoms with Crippen molar-refractivity contribution in [2.24, 2.45) is 5.73 Å². The highest BCUT2D eigenvalue weighted by atomic mass is 19.1. The Morgan fingerprint density at radius 3 is 3.06 bits per heavy atom. The third-order valence-corrected chi connectivity index (χ3v) is 3.57. The van der Waals surface area contributed by atoms with Crippen molar-refractivity contribution < 1.29 is 4.39 Å². The maximum atomic E-state index is 13.3. The van der Waals surface area contributed by atoms with Crippen LogP contribution >= 0.6 is 0 Å². The van der Waals surface area contributed by atoms with Crippen LogP contribution in [0.4, 0.5) is 4.39 Å². The summed E-state index contributed by atoms with van der Waals surface area (Å²) in [5.41, 5.74) is 9.73. The summed E-state index contributed by atoms with van der Waals surface area (Å²) in [6.45, 7) is 2.69. The molecule has 2 N–H and O–H groups in total. The second kappa shape index (κ2) is 4.21. The summed E-state index contributed by atoms with van der Waals surface area (Å²) >= 11 is 0. The topological polar surface area (TPSA) is 43.8 Å². The summed E-state index contributed by atoms with van der Waals surface area (Å²) in [5.74, 6) is -0.177. The summed E-state index contributed by atoms with van der Waals surface area (Å²) in [6.07, 6.45) is 3.69. The number of hydrogen-bond acceptors (Lipinski definition) is 2. The molecular formula is C14H16FN3. The maximum Gasteiger partial charge on any atom is 0.126 e. The van der Waals surface area contributed by atoms with Gasteiger partial charge in [-0.2, -0.15) is 0 Å². The van der Waals surface area contributed by atoms with Crippen molar-refractivity contribution in [3.63, 3.8) is 0 Å². The molecule has 0 amide bonds. The number of rotatable bonds is 1. The minimum Gasteiger partial charge on any atom is -0.334 e. The van der Waals surface area contributed by atoms with Gasteiger partial charge in [-0.05, 0) is 37.1 Å². The van der Waals surface area contributed by atoms with Crippen molar-refractivity contribution in [3.05, 3.63) is 41.6 Å². The van der Waals surface area contributed by atoms with Crippen LogP contribution in [-0.2, 0) is 13.0 Å². The molecule has 1 atom stereocenters. The van der Waals surface area contributed by atoms with Gasteiger partial charge in [-0.3, -0.25) is 0 Å². The fourth-order valence-electron chi connectivity index (χ4n) is 2.50. The van der Waals surface area contributed by atoms with Crippen LogP contribution in [0.3, 0.4) is 0 Å². The number of nitrogens with zero attached hydrogens (tertiary/aromatic N) is 2. The highest BCUT2D eigenvalue weighted by molar-refractivity contribution is 5.63. The Balaban J connectivity index is 2.07. The highest BCUT2D eigenvalue weighted by Gasteiger charge is 2.20. The molecule has 1 unspecified atom stereocenters. The standard InChI is InChI=1S/C14H16FN3/c1-9-6-10(2-3-12(9)15)14-13-7-11(16)4-5-18(13)8-17-14/h2-3,6,8,11H,4-5,7,16H2,1H3. The molecule has 2 heterocycles. The van der Waals surface area contributed by atoms with Crippen LogP contribution in [0, 0.1) is 12.7 Å². The van der Waals surface area contributed by atoms with Crippen LogP contribution in [0.5, 0.6) is 0 Å². The average molecular weight is 245 g/mol. The second-order valence-corrected chi connectivity index (χ2v) is 4.95. The molecule has 1 aliphatic rings. The smallest absolute Gasteiger partial charge is 0.126 e. The zero-order valence-corrected chi connectivity index (χ0v) is 10.4. The van der Waals surface area contributed by atoms with Crippen molar-refractivity contribution in [2.45, 2.75) is 32.4 Å². The van der Waals surface area contributed by atoms with Gasteiger partial charge in [-0.1, -0.05) is 0 Å². The zero-order chi connectivity index (χ0) is 12.7. The average Bonchev–Trinajstić information content (AvgIpc) is 2.75. The lowest BCUT2D eigenvalue weighted by atomic mass is 9.99. The normalized spacial score (nSPS) is 18.7. The van der Waals surface area contributed by atoms with Gasteiger partial charge < -0.3 is 10.3 Å². The van der Waals surface area contributed by atoms with E-state index in [4.69, 9.17) is 5.73 Å². The number of fused-ring (bicyclic) bond motifs is 1. The van der Waals surface area contributed by atoms with Crippen molar-refractivity contribution in [3.8, 4) is 11.3 Å². The Bertz CT molecular complexity index is 589. The molecule has 3 nitrogen and oxygen atoms in total. The van der Waals surface area contributed by atoms with Crippen LogP contribution < -0.4 is 5.73 Å². The SMILES string of the molecule is Cc1cc(-c2ncn3c2CC(N)CC3)ccc1F. The zero-order valence-electron chi connectivity index (χ0n) is 10.4. The van der Waals surface area contributed by atoms with Crippen molar-refractivity contribution >= 4 is 0 Å². The maximum absolute atomic E-state index is 13.3. The number of imidazole rings is 1. The summed E-state index contributed by atoms with van der Waals surface area (Å²) in [7, 11) is 0. The summed E-state index contributed by atoms with van der Waals surface area (Å²) in [6, 6.07) is 5.33. The number of benzene rings is 1. The van der Waals surface area contributed by atoms with E-state index in [9.17, 15) is 4.39 Å². The third-order valence-electron chi connectivity index (χ3n) is 3.57. The molecule has 3 rings (SSSR count). The van der Waals surface area contributed by atoms with Gasteiger partial charge in [0.15, 0.2) is 0 Å². The van der Waals surface area contributed by atoms with Crippen molar-refractivity contribution in [1.29, 1.82) is 0 Å². The van der Waals surface area contributed by atoms with Crippen LogP contribution in [-0.4, -0.2) is 15.6 Å². The first-order valence-electron chi connectivity index (χ1n) is 6.21. The third kappa shape index (κ3) is 1.82. The fourth-order valence-corrected chi connectivity index (χ4v) is 2.50. The lowest BCUT2D eigenvalue weighted by molar-refractivity contribution is 0.472. The van der Waals surface area contributed by atoms with Gasteiger partial charge in [0.2, 0.25) is 0 Å². The Morgan fingerprint density at radius 2 is 2.28 bits per heavy atom. The lowest BCUT2D eigenvalue weighted by Crippen LogP contribution is -2.30. The predicted octanol–water partition coefficient (Wildman–Crippen LogP) is 2.27. The van der Waals surface area contributed by atoms with E-state index >= 15 is 0 Å². The van der Waals surface area contributed by atoms with Gasteiger partial charge in [-0.25, -0.2) is 9.37 Å². The van der Waals surface area contributed by atoms with Gasteiger partial charge in [0, 0.05) is 30.3 Å². The summed E-state index contributed by atoms with van der Waals surface area (Å²) in [5, 5.41) is 0. The first-order chi connectivity index (χ1) is 8.65. The Morgan fingerprint density at radius 1 is 1.44 bits per heavy atom. The van der Waals surface area contributed by atoms with E-state index in [1.54, 1.807) is 13.0 Å². The molecule has 0 saturated heterocycles. The Kier molecular flexibility index (Phi) is 2.67. The predicted molar refractivity (Wildman–Crippen MR) is 68.7 cm³/mol. The van der Waals surface area contributed by atoms with E-state index < -0.39 is 0 Å². The number of nitrogens with two attached hydrogens (primary N) is 1. The van der Waals surface area contributed by atoms with Gasteiger partial charge in [-0.15, -0.1) is 0 Å². The lowest BCUT2D eigenvalue weighted by Gasteiger charge is -2.21. The number of hydrogen-bond donors (Lipinski definition) is 1. The monoisotopic (exact) mass is 245 g/mol. The molecule has 18 heavy (non-hydrogen) atoms. The summed E-state index contributed by atoms with van der Waals surface area (Å²) < 4.78 is 15.4. The number of halogens is 1. The fraction of sp³-hybridized carbons (Fsp3) is 0.357. The van der Waals surface area contributed by atoms with Gasteiger partial charge in [0.25, 0.3) is 0 Å². The number of aromatic nitrogens is 2. The Labute approximate surface area is 105 Å². The highest BCUT2D eigenvalue weighted by Crippen LogP contribution is 2.27. The van der Waals surface area contributed by atoms with E-state index in [-0.39, 0.29) is 11.9 Å². The summed E-state index contributed by atoms with van der Waals surface area (Å²) in [4.78, 5) is 4.46. The van der Waals surface area contributed by atoms with Crippen molar-refractivity contribution in [2.75, 3.05) is 0 Å². The molecule has 0 spiro atoms. The molecule has 0 radical (unpaired) electrons. The minimum atomic E-state index is -0.177. The molecule has 1 aliphatic heterocycles. The van der Waals surface area contributed by atoms with Gasteiger partial charge >= 0.3 is 0 Å². The minimum absolute atomic E-state index is 0.177. The first kappa shape index (κ1) is 11.4. The molecule has 1 aromatic carbocycles. The van der Waals surface area contributed by atoms with Gasteiger partial charge in [0.1, 0.15) is 5.82 Å². The molecule has 0 fully saturated rings. The van der Waals surface area contributed by atoms with E-state index in [1.165, 1.54) is 11.8 Å². The first-order valence-corrected chi connectivity index (χ1v) is 6.21. The van der Waals surface area contributed by atoms with Gasteiger partial charge in [0.05, 0.1) is 12.0 Å². The molecular weight excluding hydrogens is 229 g/mol. The van der Waals surface area contributed by atoms with E-state index in [0.29, 0.717) is 5.56 Å². The van der Waals surface area contributed by atoms with Crippen LogP contribution in [0.25, 0.3) is 11.3 Å². The van der Waals surface area contributed by atoms with Crippen LogP contribution in [0.2, 0.25) is 0 Å². The molecule has 0 saturated carbocycles. The van der Waals surface area contributed by atoms with Crippen LogP contribution in [0.15, 0.2) is 24.5 Å². The molecule has 0 bridgehead atoms. The van der Waals surface area contributed by atoms with Crippen molar-refractivity contribution in [1.82, 2.24) is 9.55 Å². The molecule has 94 valence electrons. The molecule has 2 aromatic rings.